The first-order chi connectivity index (χ1) is 12.0. The first kappa shape index (κ1) is 18.6. The van der Waals surface area contributed by atoms with Crippen LogP contribution in [0.15, 0.2) is 48.8 Å². The fourth-order valence-corrected chi connectivity index (χ4v) is 2.19. The van der Waals surface area contributed by atoms with Gasteiger partial charge in [-0.2, -0.15) is 0 Å². The highest BCUT2D eigenvalue weighted by atomic mass is 19.1. The van der Waals surface area contributed by atoms with Crippen LogP contribution in [0.4, 0.5) is 4.39 Å². The van der Waals surface area contributed by atoms with Gasteiger partial charge in [0.15, 0.2) is 11.6 Å². The molecule has 1 aromatic carbocycles. The van der Waals surface area contributed by atoms with E-state index in [1.165, 1.54) is 24.4 Å². The molecular weight excluding hydrogens is 319 g/mol. The zero-order chi connectivity index (χ0) is 18.1. The van der Waals surface area contributed by atoms with E-state index in [-0.39, 0.29) is 11.7 Å². The zero-order valence-electron chi connectivity index (χ0n) is 14.5. The predicted octanol–water partition coefficient (Wildman–Crippen LogP) is 4.58. The number of rotatable bonds is 8. The standard InChI is InChI=1S/C20H23FN2O2/c1-15(2)5-3-12-23-20(24)10-8-16-7-9-19(18(21)13-16)25-17-6-4-11-22-14-17/h4,6-11,13-15H,3,5,12H2,1-2H3,(H,23,24)/b10-8+. The van der Waals surface area contributed by atoms with E-state index in [0.29, 0.717) is 23.8 Å². The number of aromatic nitrogens is 1. The highest BCUT2D eigenvalue weighted by molar-refractivity contribution is 5.91. The van der Waals surface area contributed by atoms with Gasteiger partial charge < -0.3 is 10.1 Å². The summed E-state index contributed by atoms with van der Waals surface area (Å²) in [6.07, 6.45) is 8.14. The van der Waals surface area contributed by atoms with Gasteiger partial charge in [-0.05, 0) is 54.7 Å². The Bertz CT molecular complexity index is 715. The van der Waals surface area contributed by atoms with Gasteiger partial charge in [0.2, 0.25) is 5.91 Å². The van der Waals surface area contributed by atoms with Crippen molar-refractivity contribution in [3.05, 3.63) is 60.2 Å². The van der Waals surface area contributed by atoms with Crippen LogP contribution in [-0.4, -0.2) is 17.4 Å². The molecule has 0 radical (unpaired) electrons. The maximum absolute atomic E-state index is 14.1. The van der Waals surface area contributed by atoms with Gasteiger partial charge in [0.1, 0.15) is 5.75 Å². The Hall–Kier alpha value is -2.69. The first-order valence-corrected chi connectivity index (χ1v) is 8.38. The van der Waals surface area contributed by atoms with E-state index < -0.39 is 5.82 Å². The second-order valence-electron chi connectivity index (χ2n) is 6.14. The van der Waals surface area contributed by atoms with Crippen LogP contribution in [0.5, 0.6) is 11.5 Å². The van der Waals surface area contributed by atoms with Crippen LogP contribution in [0.3, 0.4) is 0 Å². The third-order valence-corrected chi connectivity index (χ3v) is 3.50. The lowest BCUT2D eigenvalue weighted by Crippen LogP contribution is -2.22. The number of carbonyl (C=O) groups is 1. The Kier molecular flexibility index (Phi) is 7.14. The molecule has 1 heterocycles. The number of hydrogen-bond donors (Lipinski definition) is 1. The molecule has 0 bridgehead atoms. The predicted molar refractivity (Wildman–Crippen MR) is 96.8 cm³/mol. The van der Waals surface area contributed by atoms with E-state index >= 15 is 0 Å². The molecule has 0 aliphatic heterocycles. The Morgan fingerprint density at radius 1 is 1.36 bits per heavy atom. The molecule has 4 nitrogen and oxygen atoms in total. The minimum Gasteiger partial charge on any atom is -0.453 e. The van der Waals surface area contributed by atoms with E-state index in [9.17, 15) is 9.18 Å². The molecule has 5 heteroatoms. The van der Waals surface area contributed by atoms with Gasteiger partial charge in [0.25, 0.3) is 0 Å². The highest BCUT2D eigenvalue weighted by Gasteiger charge is 2.05. The van der Waals surface area contributed by atoms with Crippen LogP contribution in [0, 0.1) is 11.7 Å². The molecule has 0 saturated heterocycles. The van der Waals surface area contributed by atoms with Crippen LogP contribution in [0.1, 0.15) is 32.3 Å². The van der Waals surface area contributed by atoms with Gasteiger partial charge in [0, 0.05) is 18.8 Å². The summed E-state index contributed by atoms with van der Waals surface area (Å²) in [5.74, 6) is 0.528. The van der Waals surface area contributed by atoms with E-state index in [1.54, 1.807) is 30.5 Å². The summed E-state index contributed by atoms with van der Waals surface area (Å²) >= 11 is 0. The summed E-state index contributed by atoms with van der Waals surface area (Å²) in [6.45, 7) is 4.95. The smallest absolute Gasteiger partial charge is 0.243 e. The van der Waals surface area contributed by atoms with Gasteiger partial charge in [-0.3, -0.25) is 9.78 Å². The SMILES string of the molecule is CC(C)CCCNC(=O)/C=C/c1ccc(Oc2cccnc2)c(F)c1. The van der Waals surface area contributed by atoms with Crippen molar-refractivity contribution in [1.29, 1.82) is 0 Å². The fraction of sp³-hybridized carbons (Fsp3) is 0.300. The van der Waals surface area contributed by atoms with Crippen molar-refractivity contribution in [2.75, 3.05) is 6.54 Å². The second kappa shape index (κ2) is 9.57. The lowest BCUT2D eigenvalue weighted by molar-refractivity contribution is -0.116. The summed E-state index contributed by atoms with van der Waals surface area (Å²) in [5.41, 5.74) is 0.591. The summed E-state index contributed by atoms with van der Waals surface area (Å²) in [6, 6.07) is 7.96. The molecule has 2 aromatic rings. The number of halogens is 1. The maximum atomic E-state index is 14.1. The van der Waals surface area contributed by atoms with Crippen LogP contribution >= 0.6 is 0 Å². The van der Waals surface area contributed by atoms with Gasteiger partial charge in [0.05, 0.1) is 6.20 Å². The Morgan fingerprint density at radius 3 is 2.88 bits per heavy atom. The zero-order valence-corrected chi connectivity index (χ0v) is 14.5. The lowest BCUT2D eigenvalue weighted by Gasteiger charge is -2.07. The molecule has 25 heavy (non-hydrogen) atoms. The van der Waals surface area contributed by atoms with Crippen molar-refractivity contribution in [2.24, 2.45) is 5.92 Å². The quantitative estimate of drug-likeness (QED) is 0.564. The van der Waals surface area contributed by atoms with E-state index in [2.05, 4.69) is 24.1 Å². The minimum absolute atomic E-state index is 0.114. The molecule has 0 atom stereocenters. The molecule has 1 amide bonds. The minimum atomic E-state index is -0.497. The number of hydrogen-bond acceptors (Lipinski definition) is 3. The third kappa shape index (κ3) is 6.75. The van der Waals surface area contributed by atoms with E-state index in [1.807, 2.05) is 0 Å². The van der Waals surface area contributed by atoms with Gasteiger partial charge in [-0.25, -0.2) is 4.39 Å². The molecule has 1 aromatic heterocycles. The normalized spacial score (nSPS) is 11.0. The molecule has 0 fully saturated rings. The van der Waals surface area contributed by atoms with Crippen LogP contribution < -0.4 is 10.1 Å². The first-order valence-electron chi connectivity index (χ1n) is 8.38. The Morgan fingerprint density at radius 2 is 2.20 bits per heavy atom. The molecule has 0 aliphatic carbocycles. The molecular formula is C20H23FN2O2. The topological polar surface area (TPSA) is 51.2 Å². The summed E-state index contributed by atoms with van der Waals surface area (Å²) in [7, 11) is 0. The summed E-state index contributed by atoms with van der Waals surface area (Å²) in [4.78, 5) is 15.6. The number of nitrogens with one attached hydrogen (secondary N) is 1. The number of amides is 1. The molecule has 0 saturated carbocycles. The van der Waals surface area contributed by atoms with Crippen molar-refractivity contribution in [3.63, 3.8) is 0 Å². The molecule has 132 valence electrons. The maximum Gasteiger partial charge on any atom is 0.243 e. The Labute approximate surface area is 147 Å². The summed E-state index contributed by atoms with van der Waals surface area (Å²) in [5, 5.41) is 2.82. The van der Waals surface area contributed by atoms with E-state index in [4.69, 9.17) is 4.74 Å². The molecule has 0 unspecified atom stereocenters. The van der Waals surface area contributed by atoms with Crippen molar-refractivity contribution >= 4 is 12.0 Å². The van der Waals surface area contributed by atoms with Crippen molar-refractivity contribution in [1.82, 2.24) is 10.3 Å². The average Bonchev–Trinajstić information content (AvgIpc) is 2.60. The molecule has 2 rings (SSSR count). The number of nitrogens with zero attached hydrogens (tertiary/aromatic N) is 1. The monoisotopic (exact) mass is 342 g/mol. The van der Waals surface area contributed by atoms with Crippen molar-refractivity contribution in [3.8, 4) is 11.5 Å². The molecule has 0 spiro atoms. The average molecular weight is 342 g/mol. The molecule has 1 N–H and O–H groups in total. The highest BCUT2D eigenvalue weighted by Crippen LogP contribution is 2.24. The fourth-order valence-electron chi connectivity index (χ4n) is 2.19. The molecule has 0 aliphatic rings. The van der Waals surface area contributed by atoms with Crippen LogP contribution in [0.2, 0.25) is 0 Å². The van der Waals surface area contributed by atoms with Gasteiger partial charge in [-0.15, -0.1) is 0 Å². The Balaban J connectivity index is 1.88. The number of carbonyl (C=O) groups excluding carboxylic acids is 1. The van der Waals surface area contributed by atoms with Crippen LogP contribution in [-0.2, 0) is 4.79 Å². The lowest BCUT2D eigenvalue weighted by atomic mass is 10.1. The van der Waals surface area contributed by atoms with Gasteiger partial charge in [-0.1, -0.05) is 19.9 Å². The summed E-state index contributed by atoms with van der Waals surface area (Å²) < 4.78 is 19.5. The largest absolute Gasteiger partial charge is 0.453 e. The van der Waals surface area contributed by atoms with Crippen LogP contribution in [0.25, 0.3) is 6.08 Å². The number of pyridine rings is 1. The van der Waals surface area contributed by atoms with E-state index in [0.717, 1.165) is 12.8 Å². The third-order valence-electron chi connectivity index (χ3n) is 3.50. The second-order valence-corrected chi connectivity index (χ2v) is 6.14. The number of benzene rings is 1. The van der Waals surface area contributed by atoms with Crippen molar-refractivity contribution < 1.29 is 13.9 Å². The van der Waals surface area contributed by atoms with Gasteiger partial charge >= 0.3 is 0 Å². The van der Waals surface area contributed by atoms with Crippen molar-refractivity contribution in [2.45, 2.75) is 26.7 Å². The number of ether oxygens (including phenoxy) is 1.